The maximum Gasteiger partial charge on any atom is 0.337 e. The Balaban J connectivity index is 1.68. The molecule has 3 rings (SSSR count). The van der Waals surface area contributed by atoms with Crippen molar-refractivity contribution in [1.82, 2.24) is 0 Å². The molecule has 0 spiro atoms. The lowest BCUT2D eigenvalue weighted by atomic mass is 9.91. The third-order valence-electron chi connectivity index (χ3n) is 4.85. The van der Waals surface area contributed by atoms with Crippen molar-refractivity contribution < 1.29 is 39.4 Å². The highest BCUT2D eigenvalue weighted by Crippen LogP contribution is 2.32. The van der Waals surface area contributed by atoms with E-state index in [1.165, 1.54) is 7.11 Å². The van der Waals surface area contributed by atoms with Crippen molar-refractivity contribution in [3.63, 3.8) is 0 Å². The summed E-state index contributed by atoms with van der Waals surface area (Å²) in [5, 5.41) is 39.5. The van der Waals surface area contributed by atoms with Gasteiger partial charge in [0, 0.05) is 0 Å². The number of carbonyl (C=O) groups excluding carboxylic acids is 1. The van der Waals surface area contributed by atoms with Crippen LogP contribution in [0.5, 0.6) is 5.75 Å². The molecule has 5 atom stereocenters. The van der Waals surface area contributed by atoms with E-state index in [-0.39, 0.29) is 6.61 Å². The SMILES string of the molecule is COC(=O)c1ccc(OCc2cccc([C@H]3O[C@H](CO)[C@@H](O)[C@H](O)[C@@H]3O)c2)cc1. The van der Waals surface area contributed by atoms with Crippen molar-refractivity contribution in [2.75, 3.05) is 13.7 Å². The van der Waals surface area contributed by atoms with Gasteiger partial charge in [-0.2, -0.15) is 0 Å². The Morgan fingerprint density at radius 3 is 2.41 bits per heavy atom. The van der Waals surface area contributed by atoms with Crippen LogP contribution in [0.4, 0.5) is 0 Å². The largest absolute Gasteiger partial charge is 0.489 e. The molecule has 1 aliphatic rings. The van der Waals surface area contributed by atoms with Gasteiger partial charge in [-0.1, -0.05) is 18.2 Å². The van der Waals surface area contributed by atoms with Crippen LogP contribution in [0, 0.1) is 0 Å². The first-order chi connectivity index (χ1) is 13.9. The molecule has 8 nitrogen and oxygen atoms in total. The number of methoxy groups -OCH3 is 1. The van der Waals surface area contributed by atoms with Crippen LogP contribution in [-0.2, 0) is 16.1 Å². The van der Waals surface area contributed by atoms with E-state index >= 15 is 0 Å². The van der Waals surface area contributed by atoms with Gasteiger partial charge in [0.1, 0.15) is 42.9 Å². The third-order valence-corrected chi connectivity index (χ3v) is 4.85. The van der Waals surface area contributed by atoms with Crippen molar-refractivity contribution in [2.45, 2.75) is 37.1 Å². The Morgan fingerprint density at radius 1 is 1.03 bits per heavy atom. The van der Waals surface area contributed by atoms with Gasteiger partial charge in [0.2, 0.25) is 0 Å². The fourth-order valence-corrected chi connectivity index (χ4v) is 3.21. The predicted octanol–water partition coefficient (Wildman–Crippen LogP) is 0.567. The number of esters is 1. The summed E-state index contributed by atoms with van der Waals surface area (Å²) in [5.74, 6) is 0.139. The molecule has 0 radical (unpaired) electrons. The summed E-state index contributed by atoms with van der Waals surface area (Å²) in [5.41, 5.74) is 1.80. The minimum atomic E-state index is -1.43. The lowest BCUT2D eigenvalue weighted by Gasteiger charge is -2.40. The zero-order valence-electron chi connectivity index (χ0n) is 15.8. The summed E-state index contributed by atoms with van der Waals surface area (Å²) in [7, 11) is 1.31. The van der Waals surface area contributed by atoms with Gasteiger partial charge in [0.15, 0.2) is 0 Å². The van der Waals surface area contributed by atoms with Gasteiger partial charge in [-0.05, 0) is 41.5 Å². The molecule has 0 unspecified atom stereocenters. The quantitative estimate of drug-likeness (QED) is 0.515. The number of carbonyl (C=O) groups is 1. The van der Waals surface area contributed by atoms with Crippen LogP contribution in [0.15, 0.2) is 48.5 Å². The van der Waals surface area contributed by atoms with Crippen molar-refractivity contribution in [3.8, 4) is 5.75 Å². The second-order valence-electron chi connectivity index (χ2n) is 6.80. The number of aliphatic hydroxyl groups excluding tert-OH is 4. The molecule has 8 heteroatoms. The fraction of sp³-hybridized carbons (Fsp3) is 0.381. The highest BCUT2D eigenvalue weighted by Gasteiger charge is 2.43. The number of benzene rings is 2. The van der Waals surface area contributed by atoms with E-state index in [1.807, 2.05) is 6.07 Å². The molecule has 1 saturated heterocycles. The molecular formula is C21H24O8. The lowest BCUT2D eigenvalue weighted by molar-refractivity contribution is -0.231. The zero-order chi connectivity index (χ0) is 21.0. The number of hydrogen-bond acceptors (Lipinski definition) is 8. The summed E-state index contributed by atoms with van der Waals surface area (Å²) in [6, 6.07) is 13.6. The average Bonchev–Trinajstić information content (AvgIpc) is 2.76. The summed E-state index contributed by atoms with van der Waals surface area (Å²) < 4.78 is 16.0. The van der Waals surface area contributed by atoms with Crippen LogP contribution < -0.4 is 4.74 Å². The number of hydrogen-bond donors (Lipinski definition) is 4. The second-order valence-corrected chi connectivity index (χ2v) is 6.80. The van der Waals surface area contributed by atoms with Crippen molar-refractivity contribution >= 4 is 5.97 Å². The van der Waals surface area contributed by atoms with Crippen LogP contribution in [-0.4, -0.2) is 64.5 Å². The van der Waals surface area contributed by atoms with Crippen molar-refractivity contribution in [3.05, 3.63) is 65.2 Å². The predicted molar refractivity (Wildman–Crippen MR) is 101 cm³/mol. The molecule has 0 saturated carbocycles. The summed E-state index contributed by atoms with van der Waals surface area (Å²) in [4.78, 5) is 11.5. The molecule has 0 bridgehead atoms. The highest BCUT2D eigenvalue weighted by molar-refractivity contribution is 5.89. The van der Waals surface area contributed by atoms with E-state index in [0.29, 0.717) is 16.9 Å². The molecule has 1 heterocycles. The first-order valence-corrected chi connectivity index (χ1v) is 9.15. The number of aliphatic hydroxyl groups is 4. The second kappa shape index (κ2) is 9.34. The normalized spacial score (nSPS) is 26.7. The monoisotopic (exact) mass is 404 g/mol. The minimum absolute atomic E-state index is 0.225. The van der Waals surface area contributed by atoms with Gasteiger partial charge in [-0.25, -0.2) is 4.79 Å². The molecule has 156 valence electrons. The maximum absolute atomic E-state index is 11.5. The number of ether oxygens (including phenoxy) is 3. The topological polar surface area (TPSA) is 126 Å². The van der Waals surface area contributed by atoms with Gasteiger partial charge in [-0.3, -0.25) is 0 Å². The van der Waals surface area contributed by atoms with E-state index in [9.17, 15) is 25.2 Å². The van der Waals surface area contributed by atoms with Crippen molar-refractivity contribution in [2.24, 2.45) is 0 Å². The molecule has 2 aromatic carbocycles. The fourth-order valence-electron chi connectivity index (χ4n) is 3.21. The zero-order valence-corrected chi connectivity index (χ0v) is 15.8. The first kappa shape index (κ1) is 21.2. The van der Waals surface area contributed by atoms with E-state index < -0.39 is 43.1 Å². The Kier molecular flexibility index (Phi) is 6.83. The van der Waals surface area contributed by atoms with Gasteiger partial charge in [0.25, 0.3) is 0 Å². The standard InChI is InChI=1S/C21H24O8/c1-27-21(26)13-5-7-15(8-6-13)28-11-12-3-2-4-14(9-12)20-19(25)18(24)17(23)16(10-22)29-20/h2-9,16-20,22-25H,10-11H2,1H3/t16-,17-,18+,19+,20-/m1/s1. The van der Waals surface area contributed by atoms with Gasteiger partial charge < -0.3 is 34.6 Å². The highest BCUT2D eigenvalue weighted by atomic mass is 16.5. The van der Waals surface area contributed by atoms with Gasteiger partial charge >= 0.3 is 5.97 Å². The van der Waals surface area contributed by atoms with Gasteiger partial charge in [-0.15, -0.1) is 0 Å². The smallest absolute Gasteiger partial charge is 0.337 e. The van der Waals surface area contributed by atoms with E-state index in [1.54, 1.807) is 42.5 Å². The molecule has 1 aliphatic heterocycles. The summed E-state index contributed by atoms with van der Waals surface area (Å²) in [6.45, 7) is -0.255. The van der Waals surface area contributed by atoms with Crippen LogP contribution in [0.1, 0.15) is 27.6 Å². The molecule has 0 aliphatic carbocycles. The van der Waals surface area contributed by atoms with E-state index in [4.69, 9.17) is 9.47 Å². The van der Waals surface area contributed by atoms with Crippen LogP contribution >= 0.6 is 0 Å². The summed E-state index contributed by atoms with van der Waals surface area (Å²) in [6.07, 6.45) is -6.03. The van der Waals surface area contributed by atoms with Crippen LogP contribution in [0.25, 0.3) is 0 Å². The first-order valence-electron chi connectivity index (χ1n) is 9.15. The van der Waals surface area contributed by atoms with Crippen LogP contribution in [0.2, 0.25) is 0 Å². The number of rotatable bonds is 6. The van der Waals surface area contributed by atoms with Gasteiger partial charge in [0.05, 0.1) is 19.3 Å². The summed E-state index contributed by atoms with van der Waals surface area (Å²) >= 11 is 0. The average molecular weight is 404 g/mol. The molecule has 2 aromatic rings. The Bertz CT molecular complexity index is 820. The molecule has 0 aromatic heterocycles. The molecule has 29 heavy (non-hydrogen) atoms. The van der Waals surface area contributed by atoms with Crippen LogP contribution in [0.3, 0.4) is 0 Å². The third kappa shape index (κ3) is 4.75. The maximum atomic E-state index is 11.5. The molecule has 0 amide bonds. The lowest BCUT2D eigenvalue weighted by Crippen LogP contribution is -2.55. The Labute approximate surface area is 167 Å². The van der Waals surface area contributed by atoms with E-state index in [2.05, 4.69) is 4.74 Å². The molecular weight excluding hydrogens is 380 g/mol. The van der Waals surface area contributed by atoms with E-state index in [0.717, 1.165) is 5.56 Å². The Morgan fingerprint density at radius 2 is 1.76 bits per heavy atom. The molecule has 4 N–H and O–H groups in total. The minimum Gasteiger partial charge on any atom is -0.489 e. The Hall–Kier alpha value is -2.49. The molecule has 1 fully saturated rings. The van der Waals surface area contributed by atoms with Crippen molar-refractivity contribution in [1.29, 1.82) is 0 Å².